The number of phenolic OH excluding ortho intramolecular Hbond substituents is 1. The molecule has 0 saturated carbocycles. The maximum absolute atomic E-state index is 9.52. The van der Waals surface area contributed by atoms with E-state index in [1.54, 1.807) is 12.1 Å². The molecule has 1 atom stereocenters. The number of anilines is 1. The van der Waals surface area contributed by atoms with Crippen molar-refractivity contribution in [3.05, 3.63) is 55.4 Å². The number of benzene rings is 2. The van der Waals surface area contributed by atoms with Crippen LogP contribution in [-0.2, 0) is 0 Å². The summed E-state index contributed by atoms with van der Waals surface area (Å²) in [4.78, 5) is 0. The molecule has 100 valence electrons. The minimum absolute atomic E-state index is 0.0841. The van der Waals surface area contributed by atoms with Crippen molar-refractivity contribution in [3.63, 3.8) is 0 Å². The van der Waals surface area contributed by atoms with Gasteiger partial charge in [-0.05, 0) is 68.6 Å². The van der Waals surface area contributed by atoms with E-state index in [0.29, 0.717) is 0 Å². The monoisotopic (exact) mass is 447 g/mol. The SMILES string of the molecule is CC(Nc1c(Br)cc(Br)cc1Br)c1cccc(O)c1. The number of nitrogens with one attached hydrogen (secondary N) is 1. The van der Waals surface area contributed by atoms with E-state index in [1.165, 1.54) is 0 Å². The largest absolute Gasteiger partial charge is 0.508 e. The zero-order valence-corrected chi connectivity index (χ0v) is 14.9. The predicted molar refractivity (Wildman–Crippen MR) is 89.7 cm³/mol. The lowest BCUT2D eigenvalue weighted by Gasteiger charge is -2.18. The van der Waals surface area contributed by atoms with Crippen LogP contribution >= 0.6 is 47.8 Å². The molecule has 0 amide bonds. The summed E-state index contributed by atoms with van der Waals surface area (Å²) in [6.07, 6.45) is 0. The zero-order chi connectivity index (χ0) is 14.0. The first-order chi connectivity index (χ1) is 8.97. The average molecular weight is 450 g/mol. The molecule has 2 nitrogen and oxygen atoms in total. The van der Waals surface area contributed by atoms with Gasteiger partial charge in [-0.25, -0.2) is 0 Å². The van der Waals surface area contributed by atoms with E-state index in [1.807, 2.05) is 24.3 Å². The number of aromatic hydroxyl groups is 1. The van der Waals surface area contributed by atoms with Crippen molar-refractivity contribution >= 4 is 53.5 Å². The van der Waals surface area contributed by atoms with Crippen molar-refractivity contribution in [2.24, 2.45) is 0 Å². The molecule has 0 aliphatic carbocycles. The molecular weight excluding hydrogens is 438 g/mol. The van der Waals surface area contributed by atoms with Crippen LogP contribution in [0, 0.1) is 0 Å². The second kappa shape index (κ2) is 6.29. The Labute approximate surface area is 137 Å². The Balaban J connectivity index is 2.26. The van der Waals surface area contributed by atoms with Gasteiger partial charge in [-0.3, -0.25) is 0 Å². The van der Waals surface area contributed by atoms with Crippen molar-refractivity contribution in [2.75, 3.05) is 5.32 Å². The summed E-state index contributed by atoms with van der Waals surface area (Å²) in [6.45, 7) is 2.05. The molecule has 5 heteroatoms. The maximum atomic E-state index is 9.52. The van der Waals surface area contributed by atoms with Gasteiger partial charge in [-0.1, -0.05) is 28.1 Å². The molecule has 0 spiro atoms. The lowest BCUT2D eigenvalue weighted by atomic mass is 10.1. The van der Waals surface area contributed by atoms with Crippen LogP contribution in [0.5, 0.6) is 5.75 Å². The molecule has 2 N–H and O–H groups in total. The Morgan fingerprint density at radius 3 is 2.26 bits per heavy atom. The highest BCUT2D eigenvalue weighted by Crippen LogP contribution is 2.36. The lowest BCUT2D eigenvalue weighted by Crippen LogP contribution is -2.07. The smallest absolute Gasteiger partial charge is 0.115 e. The van der Waals surface area contributed by atoms with E-state index in [9.17, 15) is 5.11 Å². The first-order valence-corrected chi connectivity index (χ1v) is 8.05. The van der Waals surface area contributed by atoms with Crippen LogP contribution in [0.4, 0.5) is 5.69 Å². The molecule has 0 fully saturated rings. The summed E-state index contributed by atoms with van der Waals surface area (Å²) < 4.78 is 2.95. The molecule has 0 radical (unpaired) electrons. The number of phenols is 1. The van der Waals surface area contributed by atoms with Crippen LogP contribution in [-0.4, -0.2) is 5.11 Å². The Hall–Kier alpha value is -0.520. The third-order valence-electron chi connectivity index (χ3n) is 2.74. The summed E-state index contributed by atoms with van der Waals surface area (Å²) in [6, 6.07) is 11.3. The van der Waals surface area contributed by atoms with Gasteiger partial charge in [0.05, 0.1) is 5.69 Å². The van der Waals surface area contributed by atoms with Gasteiger partial charge in [0.25, 0.3) is 0 Å². The van der Waals surface area contributed by atoms with E-state index in [0.717, 1.165) is 24.7 Å². The van der Waals surface area contributed by atoms with Gasteiger partial charge in [0.1, 0.15) is 5.75 Å². The first kappa shape index (κ1) is 14.9. The Bertz CT molecular complexity index is 578. The molecule has 0 aliphatic heterocycles. The Kier molecular flexibility index (Phi) is 4.92. The predicted octanol–water partition coefficient (Wildman–Crippen LogP) is 5.85. The van der Waals surface area contributed by atoms with Gasteiger partial charge in [-0.2, -0.15) is 0 Å². The average Bonchev–Trinajstić information content (AvgIpc) is 2.33. The van der Waals surface area contributed by atoms with Crippen LogP contribution in [0.3, 0.4) is 0 Å². The van der Waals surface area contributed by atoms with Crippen LogP contribution in [0.1, 0.15) is 18.5 Å². The maximum Gasteiger partial charge on any atom is 0.115 e. The molecule has 0 saturated heterocycles. The van der Waals surface area contributed by atoms with Gasteiger partial charge < -0.3 is 10.4 Å². The third-order valence-corrected chi connectivity index (χ3v) is 4.45. The Morgan fingerprint density at radius 1 is 1.05 bits per heavy atom. The van der Waals surface area contributed by atoms with Crippen molar-refractivity contribution < 1.29 is 5.11 Å². The molecule has 2 aromatic carbocycles. The van der Waals surface area contributed by atoms with E-state index in [2.05, 4.69) is 60.0 Å². The van der Waals surface area contributed by atoms with Gasteiger partial charge in [0, 0.05) is 19.5 Å². The van der Waals surface area contributed by atoms with Crippen LogP contribution in [0.25, 0.3) is 0 Å². The van der Waals surface area contributed by atoms with E-state index < -0.39 is 0 Å². The van der Waals surface area contributed by atoms with Crippen LogP contribution in [0.2, 0.25) is 0 Å². The number of rotatable bonds is 3. The lowest BCUT2D eigenvalue weighted by molar-refractivity contribution is 0.474. The van der Waals surface area contributed by atoms with Crippen LogP contribution < -0.4 is 5.32 Å². The highest BCUT2D eigenvalue weighted by Gasteiger charge is 2.11. The standard InChI is InChI=1S/C14H12Br3NO/c1-8(9-3-2-4-11(19)5-9)18-14-12(16)6-10(15)7-13(14)17/h2-8,18-19H,1H3. The molecule has 0 aromatic heterocycles. The summed E-state index contributed by atoms with van der Waals surface area (Å²) >= 11 is 10.5. The highest BCUT2D eigenvalue weighted by atomic mass is 79.9. The summed E-state index contributed by atoms with van der Waals surface area (Å²) in [5.74, 6) is 0.278. The van der Waals surface area contributed by atoms with E-state index in [4.69, 9.17) is 0 Å². The Morgan fingerprint density at radius 2 is 1.68 bits per heavy atom. The fraction of sp³-hybridized carbons (Fsp3) is 0.143. The third kappa shape index (κ3) is 3.74. The van der Waals surface area contributed by atoms with Gasteiger partial charge in [-0.15, -0.1) is 0 Å². The van der Waals surface area contributed by atoms with Gasteiger partial charge in [0.2, 0.25) is 0 Å². The number of hydrogen-bond donors (Lipinski definition) is 2. The fourth-order valence-corrected chi connectivity index (χ4v) is 4.26. The normalized spacial score (nSPS) is 12.2. The molecule has 0 aliphatic rings. The summed E-state index contributed by atoms with van der Waals surface area (Å²) in [5, 5.41) is 12.9. The number of halogens is 3. The zero-order valence-electron chi connectivity index (χ0n) is 10.1. The highest BCUT2D eigenvalue weighted by molar-refractivity contribution is 9.11. The second-order valence-electron chi connectivity index (χ2n) is 4.21. The van der Waals surface area contributed by atoms with Gasteiger partial charge in [0.15, 0.2) is 0 Å². The quantitative estimate of drug-likeness (QED) is 0.615. The van der Waals surface area contributed by atoms with E-state index in [-0.39, 0.29) is 11.8 Å². The van der Waals surface area contributed by atoms with Crippen molar-refractivity contribution in [2.45, 2.75) is 13.0 Å². The minimum atomic E-state index is 0.0841. The fourth-order valence-electron chi connectivity index (χ4n) is 1.77. The molecule has 0 heterocycles. The first-order valence-electron chi connectivity index (χ1n) is 5.67. The topological polar surface area (TPSA) is 32.3 Å². The molecular formula is C14H12Br3NO. The summed E-state index contributed by atoms with van der Waals surface area (Å²) in [5.41, 5.74) is 2.01. The van der Waals surface area contributed by atoms with E-state index >= 15 is 0 Å². The van der Waals surface area contributed by atoms with Crippen LogP contribution in [0.15, 0.2) is 49.8 Å². The molecule has 2 rings (SSSR count). The number of hydrogen-bond acceptors (Lipinski definition) is 2. The summed E-state index contributed by atoms with van der Waals surface area (Å²) in [7, 11) is 0. The van der Waals surface area contributed by atoms with Crippen molar-refractivity contribution in [3.8, 4) is 5.75 Å². The van der Waals surface area contributed by atoms with Gasteiger partial charge >= 0.3 is 0 Å². The molecule has 0 bridgehead atoms. The van der Waals surface area contributed by atoms with Crippen molar-refractivity contribution in [1.29, 1.82) is 0 Å². The minimum Gasteiger partial charge on any atom is -0.508 e. The molecule has 2 aromatic rings. The second-order valence-corrected chi connectivity index (χ2v) is 6.83. The molecule has 19 heavy (non-hydrogen) atoms. The van der Waals surface area contributed by atoms with Crippen molar-refractivity contribution in [1.82, 2.24) is 0 Å². The molecule has 1 unspecified atom stereocenters.